The maximum atomic E-state index is 15.0. The second-order valence-electron chi connectivity index (χ2n) is 11.5. The largest absolute Gasteiger partial charge is 0.497 e. The van der Waals surface area contributed by atoms with E-state index in [0.717, 1.165) is 16.7 Å². The van der Waals surface area contributed by atoms with Crippen LogP contribution in [0.3, 0.4) is 0 Å². The van der Waals surface area contributed by atoms with Crippen LogP contribution in [-0.2, 0) is 15.9 Å². The van der Waals surface area contributed by atoms with E-state index in [1.54, 1.807) is 54.2 Å². The van der Waals surface area contributed by atoms with Crippen molar-refractivity contribution in [2.45, 2.75) is 31.8 Å². The van der Waals surface area contributed by atoms with Crippen molar-refractivity contribution in [3.05, 3.63) is 142 Å². The number of rotatable bonds is 11. The summed E-state index contributed by atoms with van der Waals surface area (Å²) < 4.78 is 26.6. The Kier molecular flexibility index (Phi) is 9.56. The maximum absolute atomic E-state index is 15.0. The number of halogens is 2. The smallest absolute Gasteiger partial charge is 0.235 e. The Morgan fingerprint density at radius 3 is 1.80 bits per heavy atom. The van der Waals surface area contributed by atoms with Gasteiger partial charge in [-0.05, 0) is 79.9 Å². The number of carbonyl (C=O) groups excluding carboxylic acids is 1. The fourth-order valence-electron chi connectivity index (χ4n) is 5.38. The summed E-state index contributed by atoms with van der Waals surface area (Å²) in [5.41, 5.74) is 6.11. The van der Waals surface area contributed by atoms with Crippen LogP contribution in [0.25, 0.3) is 0 Å². The van der Waals surface area contributed by atoms with E-state index in [2.05, 4.69) is 27.8 Å². The third-order valence-corrected chi connectivity index (χ3v) is 9.11. The zero-order chi connectivity index (χ0) is 32.3. The fraction of sp³-hybridized carbons (Fsp3) is 0.250. The molecule has 230 valence electrons. The first kappa shape index (κ1) is 32.8. The van der Waals surface area contributed by atoms with Gasteiger partial charge in [0.05, 0.1) is 25.2 Å². The van der Waals surface area contributed by atoms with Gasteiger partial charge in [-0.15, -0.1) is 0 Å². The predicted octanol–water partition coefficient (Wildman–Crippen LogP) is 7.32. The first-order valence-corrected chi connectivity index (χ1v) is 14.9. The van der Waals surface area contributed by atoms with E-state index < -0.39 is 22.3 Å². The Morgan fingerprint density at radius 1 is 0.841 bits per heavy atom. The lowest BCUT2D eigenvalue weighted by Gasteiger charge is -2.44. The molecule has 0 unspecified atom stereocenters. The van der Waals surface area contributed by atoms with E-state index in [-0.39, 0.29) is 11.5 Å². The molecule has 0 saturated carbocycles. The summed E-state index contributed by atoms with van der Waals surface area (Å²) in [5, 5.41) is 3.63. The number of hydrogen-bond donors (Lipinski definition) is 2. The molecular formula is C36H39BrFN3O3. The molecule has 3 N–H and O–H groups in total. The normalized spacial score (nSPS) is 13.0. The van der Waals surface area contributed by atoms with Crippen molar-refractivity contribution in [3.8, 4) is 11.5 Å². The molecule has 6 nitrogen and oxygen atoms in total. The lowest BCUT2D eigenvalue weighted by molar-refractivity contribution is -0.141. The van der Waals surface area contributed by atoms with E-state index in [1.807, 2.05) is 78.9 Å². The summed E-state index contributed by atoms with van der Waals surface area (Å²) in [4.78, 5) is 15.7. The number of nitrogens with one attached hydrogen (secondary N) is 1. The van der Waals surface area contributed by atoms with E-state index >= 15 is 4.39 Å². The monoisotopic (exact) mass is 659 g/mol. The number of amides is 1. The van der Waals surface area contributed by atoms with Crippen LogP contribution >= 0.6 is 15.9 Å². The molecule has 0 fully saturated rings. The Bertz CT molecular complexity index is 1570. The number of methoxy groups -OCH3 is 2. The lowest BCUT2D eigenvalue weighted by Crippen LogP contribution is -2.57. The van der Waals surface area contributed by atoms with Crippen molar-refractivity contribution in [2.75, 3.05) is 21.3 Å². The molecule has 4 rings (SSSR count). The molecule has 8 heteroatoms. The first-order valence-electron chi connectivity index (χ1n) is 14.1. The number of hydrogen-bond acceptors (Lipinski definition) is 5. The van der Waals surface area contributed by atoms with Gasteiger partial charge < -0.3 is 25.4 Å². The van der Waals surface area contributed by atoms with E-state index in [1.165, 1.54) is 11.0 Å². The highest BCUT2D eigenvalue weighted by atomic mass is 79.9. The molecule has 1 atom stereocenters. The van der Waals surface area contributed by atoms with Crippen molar-refractivity contribution in [1.82, 2.24) is 10.2 Å². The molecule has 0 aliphatic carbocycles. The first-order chi connectivity index (χ1) is 20.8. The molecule has 0 saturated heterocycles. The highest BCUT2D eigenvalue weighted by Crippen LogP contribution is 2.42. The Hall–Kier alpha value is -4.14. The van der Waals surface area contributed by atoms with E-state index in [9.17, 15) is 4.79 Å². The van der Waals surface area contributed by atoms with Crippen LogP contribution in [0.5, 0.6) is 11.5 Å². The summed E-state index contributed by atoms with van der Waals surface area (Å²) in [7, 11) is 4.89. The predicted molar refractivity (Wildman–Crippen MR) is 177 cm³/mol. The van der Waals surface area contributed by atoms with Gasteiger partial charge in [0.1, 0.15) is 28.7 Å². The van der Waals surface area contributed by atoms with Crippen LogP contribution in [-0.4, -0.2) is 32.1 Å². The number of benzene rings is 4. The second-order valence-corrected chi connectivity index (χ2v) is 12.4. The quantitative estimate of drug-likeness (QED) is 0.165. The minimum atomic E-state index is -1.37. The third kappa shape index (κ3) is 5.97. The number of ether oxygens (including phenoxy) is 2. The van der Waals surface area contributed by atoms with Gasteiger partial charge in [-0.1, -0.05) is 77.1 Å². The van der Waals surface area contributed by atoms with Crippen molar-refractivity contribution >= 4 is 21.8 Å². The number of carbonyl (C=O) groups is 1. The Balaban J connectivity index is 1.82. The summed E-state index contributed by atoms with van der Waals surface area (Å²) in [6.07, 6.45) is 0. The summed E-state index contributed by atoms with van der Waals surface area (Å²) in [6.45, 7) is 9.43. The standard InChI is InChI=1S/C36H39BrFN3O3/c1-24(41(5)33(42)34(2,3)35(4,39)31-23-28(37)17-22-32(31)38)40-36(25-11-9-8-10-12-25,26-13-18-29(43-6)19-14-26)27-15-20-30(44-7)21-16-27/h8-23,40H,1,39H2,2-7H3/t35-/m1/s1. The average Bonchev–Trinajstić information content (AvgIpc) is 3.04. The summed E-state index contributed by atoms with van der Waals surface area (Å²) >= 11 is 3.40. The fourth-order valence-corrected chi connectivity index (χ4v) is 5.74. The molecule has 4 aromatic carbocycles. The zero-order valence-electron chi connectivity index (χ0n) is 25.9. The van der Waals surface area contributed by atoms with Gasteiger partial charge in [-0.3, -0.25) is 4.79 Å². The minimum Gasteiger partial charge on any atom is -0.497 e. The van der Waals surface area contributed by atoms with Crippen molar-refractivity contribution in [3.63, 3.8) is 0 Å². The molecule has 44 heavy (non-hydrogen) atoms. The molecule has 0 spiro atoms. The molecule has 0 aliphatic heterocycles. The number of nitrogens with zero attached hydrogens (tertiary/aromatic N) is 1. The van der Waals surface area contributed by atoms with Crippen LogP contribution in [0.4, 0.5) is 4.39 Å². The van der Waals surface area contributed by atoms with Gasteiger partial charge >= 0.3 is 0 Å². The molecule has 0 radical (unpaired) electrons. The minimum absolute atomic E-state index is 0.229. The van der Waals surface area contributed by atoms with Gasteiger partial charge in [0, 0.05) is 17.1 Å². The van der Waals surface area contributed by atoms with Crippen LogP contribution in [0, 0.1) is 11.2 Å². The van der Waals surface area contributed by atoms with Crippen LogP contribution in [0.15, 0.2) is 114 Å². The Morgan fingerprint density at radius 2 is 1.32 bits per heavy atom. The van der Waals surface area contributed by atoms with Crippen molar-refractivity contribution in [1.29, 1.82) is 0 Å². The van der Waals surface area contributed by atoms with E-state index in [4.69, 9.17) is 15.2 Å². The third-order valence-electron chi connectivity index (χ3n) is 8.62. The van der Waals surface area contributed by atoms with Crippen LogP contribution in [0.2, 0.25) is 0 Å². The molecule has 0 aliphatic rings. The van der Waals surface area contributed by atoms with Gasteiger partial charge in [-0.2, -0.15) is 0 Å². The lowest BCUT2D eigenvalue weighted by atomic mass is 9.69. The highest BCUT2D eigenvalue weighted by molar-refractivity contribution is 9.10. The van der Waals surface area contributed by atoms with Crippen LogP contribution < -0.4 is 20.5 Å². The topological polar surface area (TPSA) is 76.8 Å². The molecule has 0 heterocycles. The van der Waals surface area contributed by atoms with Gasteiger partial charge in [0.25, 0.3) is 0 Å². The summed E-state index contributed by atoms with van der Waals surface area (Å²) in [6, 6.07) is 30.0. The molecule has 4 aromatic rings. The van der Waals surface area contributed by atoms with Gasteiger partial charge in [-0.25, -0.2) is 4.39 Å². The van der Waals surface area contributed by atoms with E-state index in [0.29, 0.717) is 21.8 Å². The molecule has 0 bridgehead atoms. The SMILES string of the molecule is C=C(NC(c1ccccc1)(c1ccc(OC)cc1)c1ccc(OC)cc1)N(C)C(=O)C(C)(C)[C@](C)(N)c1cc(Br)ccc1F. The molecule has 0 aromatic heterocycles. The average molecular weight is 661 g/mol. The summed E-state index contributed by atoms with van der Waals surface area (Å²) in [5.74, 6) is 0.913. The second kappa shape index (κ2) is 12.8. The van der Waals surface area contributed by atoms with Gasteiger partial charge in [0.2, 0.25) is 5.91 Å². The number of nitrogens with two attached hydrogens (primary N) is 1. The van der Waals surface area contributed by atoms with Crippen LogP contribution in [0.1, 0.15) is 43.0 Å². The van der Waals surface area contributed by atoms with Crippen molar-refractivity contribution in [2.24, 2.45) is 11.1 Å². The highest BCUT2D eigenvalue weighted by Gasteiger charge is 2.48. The Labute approximate surface area is 267 Å². The zero-order valence-corrected chi connectivity index (χ0v) is 27.5. The molecule has 1 amide bonds. The van der Waals surface area contributed by atoms with Gasteiger partial charge in [0.15, 0.2) is 0 Å². The molecular weight excluding hydrogens is 621 g/mol. The maximum Gasteiger partial charge on any atom is 0.235 e. The van der Waals surface area contributed by atoms with Crippen molar-refractivity contribution < 1.29 is 18.7 Å².